The van der Waals surface area contributed by atoms with Crippen molar-refractivity contribution >= 4 is 27.8 Å². The van der Waals surface area contributed by atoms with Crippen LogP contribution < -0.4 is 0 Å². The molecule has 1 heterocycles. The molecule has 1 amide bonds. The first-order valence-corrected chi connectivity index (χ1v) is 6.36. The van der Waals surface area contributed by atoms with E-state index >= 15 is 0 Å². The lowest BCUT2D eigenvalue weighted by molar-refractivity contribution is -0.141. The van der Waals surface area contributed by atoms with Crippen LogP contribution in [-0.2, 0) is 4.79 Å². The summed E-state index contributed by atoms with van der Waals surface area (Å²) in [6, 6.07) is 2.74. The number of aliphatic hydroxyl groups is 1. The number of aliphatic carboxylic acids is 1. The average Bonchev–Trinajstić information content (AvgIpc) is 2.74. The van der Waals surface area contributed by atoms with Gasteiger partial charge in [-0.2, -0.15) is 0 Å². The second-order valence-corrected chi connectivity index (χ2v) is 5.18. The van der Waals surface area contributed by atoms with Gasteiger partial charge < -0.3 is 15.1 Å². The molecular weight excluding hydrogens is 321 g/mol. The van der Waals surface area contributed by atoms with E-state index in [4.69, 9.17) is 5.11 Å². The molecular formula is C12H11BrFNO4. The predicted molar refractivity (Wildman–Crippen MR) is 67.2 cm³/mol. The number of nitrogens with zero attached hydrogens (tertiary/aromatic N) is 1. The van der Waals surface area contributed by atoms with Gasteiger partial charge in [0, 0.05) is 18.5 Å². The van der Waals surface area contributed by atoms with Crippen molar-refractivity contribution in [2.24, 2.45) is 0 Å². The third-order valence-corrected chi connectivity index (χ3v) is 3.63. The lowest BCUT2D eigenvalue weighted by Crippen LogP contribution is -2.40. The van der Waals surface area contributed by atoms with Gasteiger partial charge in [-0.3, -0.25) is 4.79 Å². The summed E-state index contributed by atoms with van der Waals surface area (Å²) in [5.41, 5.74) is 0.0565. The van der Waals surface area contributed by atoms with E-state index in [1.165, 1.54) is 12.1 Å². The molecule has 0 bridgehead atoms. The highest BCUT2D eigenvalue weighted by atomic mass is 79.9. The third-order valence-electron chi connectivity index (χ3n) is 2.99. The van der Waals surface area contributed by atoms with Gasteiger partial charge in [-0.25, -0.2) is 9.18 Å². The molecule has 1 unspecified atom stereocenters. The number of hydrogen-bond donors (Lipinski definition) is 2. The highest BCUT2D eigenvalue weighted by molar-refractivity contribution is 9.10. The summed E-state index contributed by atoms with van der Waals surface area (Å²) in [5.74, 6) is -2.38. The normalized spacial score (nSPS) is 22.6. The summed E-state index contributed by atoms with van der Waals surface area (Å²) < 4.78 is 13.6. The van der Waals surface area contributed by atoms with Crippen LogP contribution in [0.2, 0.25) is 0 Å². The molecule has 102 valence electrons. The number of carbonyl (C=O) groups excluding carboxylic acids is 1. The van der Waals surface area contributed by atoms with Crippen molar-refractivity contribution in [3.8, 4) is 0 Å². The Balaban J connectivity index is 2.27. The first-order valence-electron chi connectivity index (χ1n) is 5.57. The standard InChI is InChI=1S/C12H11BrFNO4/c13-8-2-1-6(3-9(8)14)11(17)15-5-7(16)4-10(15)12(18)19/h1-3,7,10,16H,4-5H2,(H,18,19)/t7?,10-/m0/s1. The molecule has 1 aromatic rings. The SMILES string of the molecule is O=C(O)[C@@H]1CC(O)CN1C(=O)c1ccc(Br)c(F)c1. The van der Waals surface area contributed by atoms with Crippen molar-refractivity contribution in [3.63, 3.8) is 0 Å². The van der Waals surface area contributed by atoms with E-state index < -0.39 is 29.8 Å². The van der Waals surface area contributed by atoms with Crippen LogP contribution >= 0.6 is 15.9 Å². The van der Waals surface area contributed by atoms with Gasteiger partial charge in [0.2, 0.25) is 0 Å². The quantitative estimate of drug-likeness (QED) is 0.854. The zero-order chi connectivity index (χ0) is 14.2. The minimum Gasteiger partial charge on any atom is -0.480 e. The predicted octanol–water partition coefficient (Wildman–Crippen LogP) is 1.25. The number of carboxylic acid groups (broad SMARTS) is 1. The van der Waals surface area contributed by atoms with E-state index in [9.17, 15) is 19.1 Å². The monoisotopic (exact) mass is 331 g/mol. The summed E-state index contributed by atoms with van der Waals surface area (Å²) in [7, 11) is 0. The maximum absolute atomic E-state index is 13.4. The van der Waals surface area contributed by atoms with Crippen LogP contribution in [-0.4, -0.2) is 45.7 Å². The number of hydrogen-bond acceptors (Lipinski definition) is 3. The molecule has 1 saturated heterocycles. The number of likely N-dealkylation sites (tertiary alicyclic amines) is 1. The molecule has 1 aliphatic heterocycles. The Kier molecular flexibility index (Phi) is 3.86. The Morgan fingerprint density at radius 3 is 2.68 bits per heavy atom. The number of amides is 1. The van der Waals surface area contributed by atoms with Crippen molar-refractivity contribution in [2.45, 2.75) is 18.6 Å². The number of carboxylic acids is 1. The molecule has 0 aliphatic carbocycles. The maximum atomic E-state index is 13.4. The van der Waals surface area contributed by atoms with Gasteiger partial charge in [0.25, 0.3) is 5.91 Å². The first kappa shape index (κ1) is 14.0. The topological polar surface area (TPSA) is 77.8 Å². The summed E-state index contributed by atoms with van der Waals surface area (Å²) in [6.07, 6.45) is -0.884. The van der Waals surface area contributed by atoms with Crippen molar-refractivity contribution in [3.05, 3.63) is 34.1 Å². The molecule has 2 N–H and O–H groups in total. The molecule has 7 heteroatoms. The summed E-state index contributed by atoms with van der Waals surface area (Å²) in [5, 5.41) is 18.5. The molecule has 5 nitrogen and oxygen atoms in total. The molecule has 0 saturated carbocycles. The fourth-order valence-corrected chi connectivity index (χ4v) is 2.31. The molecule has 0 spiro atoms. The lowest BCUT2D eigenvalue weighted by Gasteiger charge is -2.21. The Morgan fingerprint density at radius 2 is 2.11 bits per heavy atom. The summed E-state index contributed by atoms with van der Waals surface area (Å²) in [4.78, 5) is 24.2. The highest BCUT2D eigenvalue weighted by Gasteiger charge is 2.39. The van der Waals surface area contributed by atoms with E-state index in [1.807, 2.05) is 0 Å². The van der Waals surface area contributed by atoms with Gasteiger partial charge in [0.15, 0.2) is 0 Å². The molecule has 1 aromatic carbocycles. The Hall–Kier alpha value is -1.47. The molecule has 2 atom stereocenters. The first-order chi connectivity index (χ1) is 8.90. The van der Waals surface area contributed by atoms with Crippen molar-refractivity contribution in [1.29, 1.82) is 0 Å². The van der Waals surface area contributed by atoms with Crippen LogP contribution in [0, 0.1) is 5.82 Å². The van der Waals surface area contributed by atoms with Crippen molar-refractivity contribution < 1.29 is 24.2 Å². The van der Waals surface area contributed by atoms with Crippen LogP contribution in [0.4, 0.5) is 4.39 Å². The number of rotatable bonds is 2. The number of carbonyl (C=O) groups is 2. The van der Waals surface area contributed by atoms with E-state index in [0.717, 1.165) is 11.0 Å². The molecule has 1 aliphatic rings. The highest BCUT2D eigenvalue weighted by Crippen LogP contribution is 2.23. The lowest BCUT2D eigenvalue weighted by atomic mass is 10.1. The van der Waals surface area contributed by atoms with Gasteiger partial charge in [0.05, 0.1) is 10.6 Å². The molecule has 2 rings (SSSR count). The molecule has 19 heavy (non-hydrogen) atoms. The summed E-state index contributed by atoms with van der Waals surface area (Å²) >= 11 is 2.97. The van der Waals surface area contributed by atoms with Crippen LogP contribution in [0.15, 0.2) is 22.7 Å². The second-order valence-electron chi connectivity index (χ2n) is 4.33. The Morgan fingerprint density at radius 1 is 1.42 bits per heavy atom. The zero-order valence-corrected chi connectivity index (χ0v) is 11.3. The summed E-state index contributed by atoms with van der Waals surface area (Å²) in [6.45, 7) is -0.0620. The van der Waals surface area contributed by atoms with Crippen LogP contribution in [0.5, 0.6) is 0 Å². The van der Waals surface area contributed by atoms with Gasteiger partial charge in [-0.05, 0) is 34.1 Å². The minimum absolute atomic E-state index is 0.0138. The average molecular weight is 332 g/mol. The number of benzene rings is 1. The van der Waals surface area contributed by atoms with E-state index in [2.05, 4.69) is 15.9 Å². The fourth-order valence-electron chi connectivity index (χ4n) is 2.07. The number of halogens is 2. The smallest absolute Gasteiger partial charge is 0.326 e. The largest absolute Gasteiger partial charge is 0.480 e. The minimum atomic E-state index is -1.18. The van der Waals surface area contributed by atoms with Crippen LogP contribution in [0.3, 0.4) is 0 Å². The molecule has 1 fully saturated rings. The number of β-amino-alcohol motifs (C(OH)–C–C–N with tert-alkyl or cyclic N) is 1. The fraction of sp³-hybridized carbons (Fsp3) is 0.333. The van der Waals surface area contributed by atoms with E-state index in [0.29, 0.717) is 0 Å². The Bertz CT molecular complexity index is 536. The van der Waals surface area contributed by atoms with Gasteiger partial charge in [-0.15, -0.1) is 0 Å². The Labute approximate surface area is 116 Å². The second kappa shape index (κ2) is 5.26. The van der Waals surface area contributed by atoms with Crippen LogP contribution in [0.25, 0.3) is 0 Å². The van der Waals surface area contributed by atoms with Crippen molar-refractivity contribution in [2.75, 3.05) is 6.54 Å². The molecule has 0 radical (unpaired) electrons. The van der Waals surface area contributed by atoms with Gasteiger partial charge in [0.1, 0.15) is 11.9 Å². The van der Waals surface area contributed by atoms with Crippen LogP contribution in [0.1, 0.15) is 16.8 Å². The van der Waals surface area contributed by atoms with Gasteiger partial charge in [-0.1, -0.05) is 0 Å². The van der Waals surface area contributed by atoms with E-state index in [-0.39, 0.29) is 23.0 Å². The zero-order valence-electron chi connectivity index (χ0n) is 9.72. The maximum Gasteiger partial charge on any atom is 0.326 e. The number of aliphatic hydroxyl groups excluding tert-OH is 1. The molecule has 0 aromatic heterocycles. The third kappa shape index (κ3) is 2.76. The van der Waals surface area contributed by atoms with Crippen molar-refractivity contribution in [1.82, 2.24) is 4.90 Å². The van der Waals surface area contributed by atoms with E-state index in [1.54, 1.807) is 0 Å². The van der Waals surface area contributed by atoms with Gasteiger partial charge >= 0.3 is 5.97 Å².